The first kappa shape index (κ1) is 17.5. The molecule has 9 heteroatoms. The standard InChI is InChI=1S/C17H21N5O2S2/c1-3-20-15(24)14-12(7-9-25-14)22-16(20)18-19-17(22)26-10-13(23)21-8-5-4-6-11(21)2/h7,9,11H,3-6,8,10H2,1-2H3. The summed E-state index contributed by atoms with van der Waals surface area (Å²) in [5.41, 5.74) is 0.776. The van der Waals surface area contributed by atoms with Crippen molar-refractivity contribution in [2.45, 2.75) is 50.9 Å². The predicted octanol–water partition coefficient (Wildman–Crippen LogP) is 2.62. The van der Waals surface area contributed by atoms with Crippen LogP contribution >= 0.6 is 23.1 Å². The number of amides is 1. The van der Waals surface area contributed by atoms with Crippen LogP contribution in [0.1, 0.15) is 33.1 Å². The van der Waals surface area contributed by atoms with E-state index < -0.39 is 0 Å². The van der Waals surface area contributed by atoms with Gasteiger partial charge in [-0.2, -0.15) is 0 Å². The average molecular weight is 392 g/mol. The van der Waals surface area contributed by atoms with E-state index in [9.17, 15) is 9.59 Å². The zero-order valence-corrected chi connectivity index (χ0v) is 16.5. The van der Waals surface area contributed by atoms with Crippen molar-refractivity contribution >= 4 is 45.0 Å². The third-order valence-electron chi connectivity index (χ3n) is 4.95. The normalized spacial score (nSPS) is 18.1. The number of nitrogens with zero attached hydrogens (tertiary/aromatic N) is 5. The minimum Gasteiger partial charge on any atom is -0.339 e. The van der Waals surface area contributed by atoms with Crippen molar-refractivity contribution in [3.8, 4) is 0 Å². The van der Waals surface area contributed by atoms with E-state index >= 15 is 0 Å². The Morgan fingerprint density at radius 1 is 1.38 bits per heavy atom. The zero-order valence-electron chi connectivity index (χ0n) is 14.8. The van der Waals surface area contributed by atoms with Crippen LogP contribution in [0.5, 0.6) is 0 Å². The highest BCUT2D eigenvalue weighted by atomic mass is 32.2. The van der Waals surface area contributed by atoms with Gasteiger partial charge in [0.05, 0.1) is 11.3 Å². The summed E-state index contributed by atoms with van der Waals surface area (Å²) in [7, 11) is 0. The van der Waals surface area contributed by atoms with Crippen molar-refractivity contribution in [1.82, 2.24) is 24.1 Å². The number of thioether (sulfide) groups is 1. The molecule has 1 amide bonds. The van der Waals surface area contributed by atoms with Gasteiger partial charge in [-0.05, 0) is 44.6 Å². The summed E-state index contributed by atoms with van der Waals surface area (Å²) >= 11 is 2.81. The second-order valence-corrected chi connectivity index (χ2v) is 8.38. The van der Waals surface area contributed by atoms with Crippen LogP contribution in [0.2, 0.25) is 0 Å². The minimum absolute atomic E-state index is 0.0350. The lowest BCUT2D eigenvalue weighted by Gasteiger charge is -2.33. The van der Waals surface area contributed by atoms with Crippen LogP contribution in [0, 0.1) is 0 Å². The third kappa shape index (κ3) is 2.83. The number of hydrogen-bond donors (Lipinski definition) is 0. The van der Waals surface area contributed by atoms with Gasteiger partial charge < -0.3 is 4.90 Å². The summed E-state index contributed by atoms with van der Waals surface area (Å²) in [5, 5.41) is 11.0. The maximum absolute atomic E-state index is 12.6. The fourth-order valence-corrected chi connectivity index (χ4v) is 5.21. The molecule has 1 aliphatic rings. The van der Waals surface area contributed by atoms with E-state index in [0.29, 0.717) is 34.0 Å². The molecule has 3 aromatic rings. The van der Waals surface area contributed by atoms with Crippen molar-refractivity contribution in [3.05, 3.63) is 21.8 Å². The maximum Gasteiger partial charge on any atom is 0.272 e. The monoisotopic (exact) mass is 391 g/mol. The molecule has 7 nitrogen and oxygen atoms in total. The van der Waals surface area contributed by atoms with Gasteiger partial charge in [0.1, 0.15) is 4.70 Å². The highest BCUT2D eigenvalue weighted by Crippen LogP contribution is 2.25. The summed E-state index contributed by atoms with van der Waals surface area (Å²) in [6, 6.07) is 2.22. The topological polar surface area (TPSA) is 72.5 Å². The van der Waals surface area contributed by atoms with Crippen molar-refractivity contribution in [2.75, 3.05) is 12.3 Å². The molecule has 4 heterocycles. The number of thiophene rings is 1. The van der Waals surface area contributed by atoms with E-state index in [2.05, 4.69) is 17.1 Å². The first-order chi connectivity index (χ1) is 12.6. The van der Waals surface area contributed by atoms with E-state index in [1.165, 1.54) is 29.5 Å². The van der Waals surface area contributed by atoms with E-state index in [-0.39, 0.29) is 11.5 Å². The molecule has 0 saturated carbocycles. The van der Waals surface area contributed by atoms with Crippen molar-refractivity contribution in [1.29, 1.82) is 0 Å². The number of piperidine rings is 1. The Hall–Kier alpha value is -1.87. The Labute approximate surface area is 159 Å². The summed E-state index contributed by atoms with van der Waals surface area (Å²) in [4.78, 5) is 27.2. The van der Waals surface area contributed by atoms with Crippen LogP contribution in [-0.2, 0) is 11.3 Å². The lowest BCUT2D eigenvalue weighted by atomic mass is 10.0. The molecule has 26 heavy (non-hydrogen) atoms. The Bertz CT molecular complexity index is 1020. The molecule has 0 spiro atoms. The molecule has 138 valence electrons. The Morgan fingerprint density at radius 2 is 2.23 bits per heavy atom. The van der Waals surface area contributed by atoms with E-state index in [0.717, 1.165) is 24.9 Å². The summed E-state index contributed by atoms with van der Waals surface area (Å²) in [6.07, 6.45) is 3.34. The molecular formula is C17H21N5O2S2. The molecule has 0 aliphatic carbocycles. The quantitative estimate of drug-likeness (QED) is 0.639. The van der Waals surface area contributed by atoms with Crippen molar-refractivity contribution in [2.24, 2.45) is 0 Å². The van der Waals surface area contributed by atoms with Crippen LogP contribution in [0.25, 0.3) is 16.0 Å². The van der Waals surface area contributed by atoms with E-state index in [4.69, 9.17) is 0 Å². The second kappa shape index (κ2) is 7.03. The van der Waals surface area contributed by atoms with Gasteiger partial charge in [-0.3, -0.25) is 18.6 Å². The number of aromatic nitrogens is 4. The number of fused-ring (bicyclic) bond motifs is 3. The molecule has 3 aromatic heterocycles. The molecule has 1 atom stereocenters. The first-order valence-electron chi connectivity index (χ1n) is 8.89. The summed E-state index contributed by atoms with van der Waals surface area (Å²) in [5.74, 6) is 1.01. The zero-order chi connectivity index (χ0) is 18.3. The van der Waals surface area contributed by atoms with Gasteiger partial charge in [0.15, 0.2) is 5.16 Å². The Kier molecular flexibility index (Phi) is 4.74. The fourth-order valence-electron chi connectivity index (χ4n) is 3.56. The van der Waals surface area contributed by atoms with Gasteiger partial charge in [0.25, 0.3) is 5.56 Å². The van der Waals surface area contributed by atoms with E-state index in [1.807, 2.05) is 27.7 Å². The number of carbonyl (C=O) groups excluding carboxylic acids is 1. The number of rotatable bonds is 4. The van der Waals surface area contributed by atoms with Crippen LogP contribution in [-0.4, -0.2) is 48.3 Å². The number of carbonyl (C=O) groups is 1. The van der Waals surface area contributed by atoms with Crippen LogP contribution in [0.4, 0.5) is 0 Å². The Morgan fingerprint density at radius 3 is 3.00 bits per heavy atom. The highest BCUT2D eigenvalue weighted by molar-refractivity contribution is 7.99. The number of hydrogen-bond acceptors (Lipinski definition) is 6. The largest absolute Gasteiger partial charge is 0.339 e. The molecule has 0 aromatic carbocycles. The molecule has 4 rings (SSSR count). The SMILES string of the molecule is CCn1c(=O)c2sccc2n2c(SCC(=O)N3CCCCC3C)nnc12. The predicted molar refractivity (Wildman–Crippen MR) is 104 cm³/mol. The van der Waals surface area contributed by atoms with Gasteiger partial charge in [-0.25, -0.2) is 0 Å². The lowest BCUT2D eigenvalue weighted by molar-refractivity contribution is -0.131. The highest BCUT2D eigenvalue weighted by Gasteiger charge is 2.24. The molecule has 1 fully saturated rings. The number of aryl methyl sites for hydroxylation is 1. The van der Waals surface area contributed by atoms with Gasteiger partial charge >= 0.3 is 0 Å². The molecule has 1 unspecified atom stereocenters. The molecule has 1 aliphatic heterocycles. The summed E-state index contributed by atoms with van der Waals surface area (Å²) < 4.78 is 4.22. The molecule has 1 saturated heterocycles. The third-order valence-corrected chi connectivity index (χ3v) is 6.75. The summed E-state index contributed by atoms with van der Waals surface area (Å²) in [6.45, 7) is 5.40. The lowest BCUT2D eigenvalue weighted by Crippen LogP contribution is -2.42. The smallest absolute Gasteiger partial charge is 0.272 e. The van der Waals surface area contributed by atoms with E-state index in [1.54, 1.807) is 4.57 Å². The van der Waals surface area contributed by atoms with Gasteiger partial charge in [0, 0.05) is 19.1 Å². The molecular weight excluding hydrogens is 370 g/mol. The average Bonchev–Trinajstić information content (AvgIpc) is 3.27. The second-order valence-electron chi connectivity index (χ2n) is 6.52. The van der Waals surface area contributed by atoms with Crippen LogP contribution in [0.15, 0.2) is 21.4 Å². The molecule has 0 N–H and O–H groups in total. The van der Waals surface area contributed by atoms with Gasteiger partial charge in [-0.1, -0.05) is 11.8 Å². The van der Waals surface area contributed by atoms with Crippen LogP contribution < -0.4 is 5.56 Å². The maximum atomic E-state index is 12.6. The van der Waals surface area contributed by atoms with Crippen LogP contribution in [0.3, 0.4) is 0 Å². The molecule has 0 radical (unpaired) electrons. The Balaban J connectivity index is 1.66. The minimum atomic E-state index is -0.0350. The molecule has 0 bridgehead atoms. The first-order valence-corrected chi connectivity index (χ1v) is 10.8. The van der Waals surface area contributed by atoms with Gasteiger partial charge in [-0.15, -0.1) is 21.5 Å². The fraction of sp³-hybridized carbons (Fsp3) is 0.529. The van der Waals surface area contributed by atoms with Gasteiger partial charge in [0.2, 0.25) is 11.7 Å². The number of likely N-dealkylation sites (tertiary alicyclic amines) is 1. The van der Waals surface area contributed by atoms with Crippen molar-refractivity contribution < 1.29 is 4.79 Å². The van der Waals surface area contributed by atoms with Crippen molar-refractivity contribution in [3.63, 3.8) is 0 Å².